The third-order valence-corrected chi connectivity index (χ3v) is 3.31. The van der Waals surface area contributed by atoms with Gasteiger partial charge < -0.3 is 10.1 Å². The number of fused-ring (bicyclic) bond motifs is 1. The molecule has 2 heteroatoms. The first-order valence-electron chi connectivity index (χ1n) is 6.36. The van der Waals surface area contributed by atoms with E-state index in [-0.39, 0.29) is 0 Å². The maximum atomic E-state index is 5.46. The van der Waals surface area contributed by atoms with Crippen LogP contribution in [-0.2, 0) is 18.0 Å². The number of rotatable bonds is 3. The van der Waals surface area contributed by atoms with Crippen molar-refractivity contribution in [1.82, 2.24) is 5.32 Å². The van der Waals surface area contributed by atoms with Gasteiger partial charge in [0.25, 0.3) is 0 Å². The lowest BCUT2D eigenvalue weighted by atomic mass is 9.85. The van der Waals surface area contributed by atoms with Gasteiger partial charge in [0, 0.05) is 6.04 Å². The Labute approximate surface area is 104 Å². The minimum Gasteiger partial charge on any atom is -0.372 e. The van der Waals surface area contributed by atoms with Crippen molar-refractivity contribution >= 4 is 0 Å². The summed E-state index contributed by atoms with van der Waals surface area (Å²) in [4.78, 5) is 0. The van der Waals surface area contributed by atoms with E-state index in [1.165, 1.54) is 16.7 Å². The Morgan fingerprint density at radius 3 is 2.59 bits per heavy atom. The molecule has 0 radical (unpaired) electrons. The zero-order valence-corrected chi connectivity index (χ0v) is 11.3. The molecule has 1 atom stereocenters. The summed E-state index contributed by atoms with van der Waals surface area (Å²) in [6.07, 6.45) is 1.14. The number of nitrogens with one attached hydrogen (secondary N) is 1. The van der Waals surface area contributed by atoms with Gasteiger partial charge in [0.2, 0.25) is 0 Å². The molecule has 1 aliphatic rings. The predicted octanol–water partition coefficient (Wildman–Crippen LogP) is 3.41. The molecular weight excluding hydrogens is 210 g/mol. The van der Waals surface area contributed by atoms with E-state index in [1.54, 1.807) is 0 Å². The van der Waals surface area contributed by atoms with Gasteiger partial charge in [-0.15, -0.1) is 0 Å². The quantitative estimate of drug-likeness (QED) is 0.863. The van der Waals surface area contributed by atoms with Crippen molar-refractivity contribution in [3.63, 3.8) is 0 Å². The van der Waals surface area contributed by atoms with Crippen LogP contribution in [-0.4, -0.2) is 7.05 Å². The van der Waals surface area contributed by atoms with Crippen LogP contribution in [0.4, 0.5) is 0 Å². The number of benzene rings is 1. The molecule has 0 aliphatic carbocycles. The van der Waals surface area contributed by atoms with Crippen LogP contribution in [0.15, 0.2) is 18.2 Å². The van der Waals surface area contributed by atoms with Crippen LogP contribution in [0.25, 0.3) is 0 Å². The van der Waals surface area contributed by atoms with Crippen molar-refractivity contribution in [1.29, 1.82) is 0 Å². The van der Waals surface area contributed by atoms with Crippen molar-refractivity contribution in [2.75, 3.05) is 7.05 Å². The summed E-state index contributed by atoms with van der Waals surface area (Å²) in [5.74, 6) is 0. The van der Waals surface area contributed by atoms with Gasteiger partial charge in [0.15, 0.2) is 0 Å². The number of ether oxygens (including phenoxy) is 1. The lowest BCUT2D eigenvalue weighted by Crippen LogP contribution is -2.22. The van der Waals surface area contributed by atoms with E-state index in [2.05, 4.69) is 44.3 Å². The average molecular weight is 233 g/mol. The van der Waals surface area contributed by atoms with E-state index in [0.717, 1.165) is 19.6 Å². The zero-order valence-electron chi connectivity index (χ0n) is 11.3. The topological polar surface area (TPSA) is 21.3 Å². The second-order valence-corrected chi connectivity index (χ2v) is 6.13. The van der Waals surface area contributed by atoms with Crippen molar-refractivity contribution in [2.45, 2.75) is 46.4 Å². The molecular formula is C15H23NO. The normalized spacial score (nSPS) is 16.9. The second kappa shape index (κ2) is 4.79. The van der Waals surface area contributed by atoms with Crippen LogP contribution in [0.5, 0.6) is 0 Å². The van der Waals surface area contributed by atoms with E-state index in [9.17, 15) is 0 Å². The van der Waals surface area contributed by atoms with Crippen LogP contribution in [0, 0.1) is 5.41 Å². The molecule has 94 valence electrons. The van der Waals surface area contributed by atoms with Crippen LogP contribution in [0.3, 0.4) is 0 Å². The zero-order chi connectivity index (χ0) is 12.5. The van der Waals surface area contributed by atoms with E-state index in [1.807, 2.05) is 7.05 Å². The van der Waals surface area contributed by atoms with Crippen LogP contribution < -0.4 is 5.32 Å². The van der Waals surface area contributed by atoms with E-state index in [0.29, 0.717) is 11.5 Å². The third kappa shape index (κ3) is 3.08. The smallest absolute Gasteiger partial charge is 0.0725 e. The monoisotopic (exact) mass is 233 g/mol. The summed E-state index contributed by atoms with van der Waals surface area (Å²) in [7, 11) is 2.04. The largest absolute Gasteiger partial charge is 0.372 e. The molecule has 2 rings (SSSR count). The summed E-state index contributed by atoms with van der Waals surface area (Å²) < 4.78 is 5.46. The van der Waals surface area contributed by atoms with Gasteiger partial charge in [-0.3, -0.25) is 0 Å². The molecule has 0 bridgehead atoms. The number of hydrogen-bond acceptors (Lipinski definition) is 2. The molecule has 2 nitrogen and oxygen atoms in total. The fourth-order valence-electron chi connectivity index (χ4n) is 2.41. The summed E-state index contributed by atoms with van der Waals surface area (Å²) in [5.41, 5.74) is 4.42. The third-order valence-electron chi connectivity index (χ3n) is 3.31. The molecule has 1 unspecified atom stereocenters. The van der Waals surface area contributed by atoms with Gasteiger partial charge >= 0.3 is 0 Å². The summed E-state index contributed by atoms with van der Waals surface area (Å²) in [5, 5.41) is 3.43. The highest BCUT2D eigenvalue weighted by Crippen LogP contribution is 2.31. The molecule has 1 aromatic rings. The lowest BCUT2D eigenvalue weighted by molar-refractivity contribution is 0.134. The van der Waals surface area contributed by atoms with Crippen molar-refractivity contribution in [3.05, 3.63) is 34.9 Å². The molecule has 0 amide bonds. The van der Waals surface area contributed by atoms with E-state index in [4.69, 9.17) is 4.74 Å². The van der Waals surface area contributed by atoms with Crippen LogP contribution in [0.1, 0.15) is 49.9 Å². The molecule has 1 aromatic carbocycles. The van der Waals surface area contributed by atoms with Gasteiger partial charge in [0.1, 0.15) is 0 Å². The second-order valence-electron chi connectivity index (χ2n) is 6.13. The highest BCUT2D eigenvalue weighted by molar-refractivity contribution is 5.34. The van der Waals surface area contributed by atoms with Crippen LogP contribution >= 0.6 is 0 Å². The Hall–Kier alpha value is -0.860. The summed E-state index contributed by atoms with van der Waals surface area (Å²) >= 11 is 0. The first-order chi connectivity index (χ1) is 7.99. The number of hydrogen-bond donors (Lipinski definition) is 1. The van der Waals surface area contributed by atoms with Gasteiger partial charge in [-0.2, -0.15) is 0 Å². The fraction of sp³-hybridized carbons (Fsp3) is 0.600. The minimum atomic E-state index is 0.336. The molecule has 1 N–H and O–H groups in total. The molecule has 0 saturated carbocycles. The van der Waals surface area contributed by atoms with E-state index < -0.39 is 0 Å². The first-order valence-corrected chi connectivity index (χ1v) is 6.36. The molecule has 0 fully saturated rings. The average Bonchev–Trinajstić information content (AvgIpc) is 2.71. The fourth-order valence-corrected chi connectivity index (χ4v) is 2.41. The Bertz CT molecular complexity index is 392. The highest BCUT2D eigenvalue weighted by Gasteiger charge is 2.20. The minimum absolute atomic E-state index is 0.336. The Morgan fingerprint density at radius 1 is 1.24 bits per heavy atom. The Balaban J connectivity index is 2.20. The molecule has 17 heavy (non-hydrogen) atoms. The van der Waals surface area contributed by atoms with Gasteiger partial charge in [-0.05, 0) is 35.6 Å². The Kier molecular flexibility index (Phi) is 3.55. The van der Waals surface area contributed by atoms with Crippen molar-refractivity contribution < 1.29 is 4.74 Å². The SMILES string of the molecule is CNC(CC(C)(C)C)c1ccc2c(c1)COC2. The predicted molar refractivity (Wildman–Crippen MR) is 70.8 cm³/mol. The summed E-state index contributed by atoms with van der Waals surface area (Å²) in [6, 6.07) is 7.18. The first kappa shape index (κ1) is 12.6. The highest BCUT2D eigenvalue weighted by atomic mass is 16.5. The molecule has 0 saturated heterocycles. The maximum Gasteiger partial charge on any atom is 0.0725 e. The maximum absolute atomic E-state index is 5.46. The standard InChI is InChI=1S/C15H23NO/c1-15(2,3)8-14(16-4)11-5-6-12-9-17-10-13(12)7-11/h5-7,14,16H,8-10H2,1-4H3. The molecule has 0 spiro atoms. The van der Waals surface area contributed by atoms with E-state index >= 15 is 0 Å². The summed E-state index contributed by atoms with van der Waals surface area (Å²) in [6.45, 7) is 8.41. The van der Waals surface area contributed by atoms with Crippen LogP contribution in [0.2, 0.25) is 0 Å². The molecule has 0 aromatic heterocycles. The molecule has 1 heterocycles. The van der Waals surface area contributed by atoms with Crippen molar-refractivity contribution in [3.8, 4) is 0 Å². The Morgan fingerprint density at radius 2 is 1.94 bits per heavy atom. The lowest BCUT2D eigenvalue weighted by Gasteiger charge is -2.26. The van der Waals surface area contributed by atoms with Gasteiger partial charge in [-0.1, -0.05) is 39.0 Å². The van der Waals surface area contributed by atoms with Gasteiger partial charge in [-0.25, -0.2) is 0 Å². The van der Waals surface area contributed by atoms with Crippen molar-refractivity contribution in [2.24, 2.45) is 5.41 Å². The molecule has 1 aliphatic heterocycles. The van der Waals surface area contributed by atoms with Gasteiger partial charge in [0.05, 0.1) is 13.2 Å².